The van der Waals surface area contributed by atoms with Crippen molar-refractivity contribution in [2.75, 3.05) is 19.8 Å². The van der Waals surface area contributed by atoms with Crippen molar-refractivity contribution in [3.05, 3.63) is 95.8 Å². The molecule has 1 atom stereocenters. The lowest BCUT2D eigenvalue weighted by atomic mass is 9.83. The summed E-state index contributed by atoms with van der Waals surface area (Å²) in [5, 5.41) is 4.58. The van der Waals surface area contributed by atoms with Crippen LogP contribution >= 0.6 is 0 Å². The van der Waals surface area contributed by atoms with Crippen molar-refractivity contribution in [2.45, 2.75) is 89.2 Å². The van der Waals surface area contributed by atoms with Crippen LogP contribution in [0.3, 0.4) is 0 Å². The Morgan fingerprint density at radius 1 is 0.953 bits per heavy atom. The van der Waals surface area contributed by atoms with Crippen LogP contribution in [0.25, 0.3) is 5.57 Å². The number of nitrogens with zero attached hydrogens (tertiary/aromatic N) is 3. The second kappa shape index (κ2) is 15.0. The van der Waals surface area contributed by atoms with Gasteiger partial charge in [-0.2, -0.15) is 5.10 Å². The molecule has 1 aliphatic heterocycles. The Morgan fingerprint density at radius 2 is 1.67 bits per heavy atom. The lowest BCUT2D eigenvalue weighted by Gasteiger charge is -2.37. The Balaban J connectivity index is 1.27. The number of hydrogen-bond acceptors (Lipinski definition) is 5. The molecule has 1 saturated carbocycles. The molecule has 1 unspecified atom stereocenters. The van der Waals surface area contributed by atoms with E-state index in [0.29, 0.717) is 25.8 Å². The average molecular weight is 602 g/mol. The normalized spacial score (nSPS) is 21.0. The van der Waals surface area contributed by atoms with E-state index in [1.165, 1.54) is 5.56 Å². The monoisotopic (exact) mass is 601 g/mol. The maximum atomic E-state index is 13.5. The summed E-state index contributed by atoms with van der Waals surface area (Å²) in [4.78, 5) is 15.4. The largest absolute Gasteiger partial charge is 0.445 e. The van der Waals surface area contributed by atoms with Gasteiger partial charge in [0.2, 0.25) is 0 Å². The van der Waals surface area contributed by atoms with Gasteiger partial charge < -0.3 is 14.2 Å². The number of aromatic nitrogens is 2. The van der Waals surface area contributed by atoms with Crippen LogP contribution in [0.1, 0.15) is 54.8 Å². The van der Waals surface area contributed by atoms with Gasteiger partial charge in [-0.15, -0.1) is 0 Å². The van der Waals surface area contributed by atoms with E-state index in [9.17, 15) is 4.79 Å². The van der Waals surface area contributed by atoms with E-state index in [4.69, 9.17) is 14.2 Å². The number of carbonyl (C=O) groups is 1. The first-order valence-corrected chi connectivity index (χ1v) is 19.5. The van der Waals surface area contributed by atoms with Gasteiger partial charge in [0.1, 0.15) is 13.3 Å². The molecule has 0 spiro atoms. The smallest absolute Gasteiger partial charge is 0.410 e. The van der Waals surface area contributed by atoms with Crippen LogP contribution in [0, 0.1) is 0 Å². The molecule has 3 aromatic rings. The van der Waals surface area contributed by atoms with Gasteiger partial charge in [0.05, 0.1) is 24.4 Å². The summed E-state index contributed by atoms with van der Waals surface area (Å²) in [6.45, 7) is 9.44. The molecule has 0 radical (unpaired) electrons. The maximum absolute atomic E-state index is 13.5. The maximum Gasteiger partial charge on any atom is 0.410 e. The second-order valence-corrected chi connectivity index (χ2v) is 18.6. The number of benzene rings is 2. The molecule has 5 rings (SSSR count). The minimum Gasteiger partial charge on any atom is -0.445 e. The van der Waals surface area contributed by atoms with Crippen LogP contribution in [0.5, 0.6) is 0 Å². The molecule has 0 saturated heterocycles. The summed E-state index contributed by atoms with van der Waals surface area (Å²) in [6.07, 6.45) is 8.94. The first kappa shape index (κ1) is 31.2. The van der Waals surface area contributed by atoms with Crippen LogP contribution in [-0.2, 0) is 27.5 Å². The van der Waals surface area contributed by atoms with Gasteiger partial charge in [-0.25, -0.2) is 9.48 Å². The first-order chi connectivity index (χ1) is 20.9. The zero-order valence-corrected chi connectivity index (χ0v) is 27.0. The van der Waals surface area contributed by atoms with Gasteiger partial charge in [0.25, 0.3) is 0 Å². The van der Waals surface area contributed by atoms with Crippen molar-refractivity contribution in [1.82, 2.24) is 14.7 Å². The second-order valence-electron chi connectivity index (χ2n) is 13.0. The lowest BCUT2D eigenvalue weighted by molar-refractivity contribution is -0.00250. The number of amides is 1. The molecule has 1 amide bonds. The highest BCUT2D eigenvalue weighted by molar-refractivity contribution is 6.76. The van der Waals surface area contributed by atoms with Gasteiger partial charge in [0.15, 0.2) is 0 Å². The third-order valence-electron chi connectivity index (χ3n) is 8.57. The zero-order chi connectivity index (χ0) is 30.1. The summed E-state index contributed by atoms with van der Waals surface area (Å²) < 4.78 is 20.4. The molecule has 7 nitrogen and oxygen atoms in total. The molecule has 1 aromatic heterocycles. The third kappa shape index (κ3) is 8.91. The first-order valence-electron chi connectivity index (χ1n) is 15.8. The van der Waals surface area contributed by atoms with Crippen molar-refractivity contribution < 1.29 is 19.0 Å². The van der Waals surface area contributed by atoms with E-state index in [0.717, 1.165) is 61.6 Å². The van der Waals surface area contributed by atoms with E-state index in [1.807, 2.05) is 52.2 Å². The number of rotatable bonds is 12. The minimum absolute atomic E-state index is 0.181. The highest BCUT2D eigenvalue weighted by Crippen LogP contribution is 2.35. The molecule has 1 fully saturated rings. The Morgan fingerprint density at radius 3 is 2.40 bits per heavy atom. The summed E-state index contributed by atoms with van der Waals surface area (Å²) in [5.41, 5.74) is 4.41. The lowest BCUT2D eigenvalue weighted by Crippen LogP contribution is -2.47. The third-order valence-corrected chi connectivity index (χ3v) is 10.3. The topological polar surface area (TPSA) is 65.8 Å². The Labute approximate surface area is 257 Å². The van der Waals surface area contributed by atoms with Gasteiger partial charge >= 0.3 is 6.09 Å². The highest BCUT2D eigenvalue weighted by Gasteiger charge is 2.34. The number of hydrogen-bond donors (Lipinski definition) is 0. The quantitative estimate of drug-likeness (QED) is 0.157. The molecular weight excluding hydrogens is 554 g/mol. The Hall–Kier alpha value is -3.20. The van der Waals surface area contributed by atoms with E-state index in [2.05, 4.69) is 61.1 Å². The Bertz CT molecular complexity index is 1310. The molecule has 2 aliphatic rings. The predicted molar refractivity (Wildman–Crippen MR) is 173 cm³/mol. The van der Waals surface area contributed by atoms with Crippen LogP contribution in [-0.4, -0.2) is 60.8 Å². The van der Waals surface area contributed by atoms with E-state index < -0.39 is 8.07 Å². The van der Waals surface area contributed by atoms with Gasteiger partial charge in [-0.3, -0.25) is 4.90 Å². The van der Waals surface area contributed by atoms with Gasteiger partial charge in [-0.05, 0) is 66.8 Å². The minimum atomic E-state index is -1.18. The van der Waals surface area contributed by atoms with E-state index in [1.54, 1.807) is 0 Å². The summed E-state index contributed by atoms with van der Waals surface area (Å²) in [7, 11) is -1.18. The molecule has 2 aromatic carbocycles. The summed E-state index contributed by atoms with van der Waals surface area (Å²) in [5.74, 6) is 0.589. The molecule has 230 valence electrons. The van der Waals surface area contributed by atoms with Gasteiger partial charge in [0, 0.05) is 27.4 Å². The fourth-order valence-corrected chi connectivity index (χ4v) is 6.78. The highest BCUT2D eigenvalue weighted by atomic mass is 28.3. The SMILES string of the molecule is C[Si](C)(C)CCOCn1nccc1C1=CCCN(C(=O)OCc2ccccc2)C1CO[C@H]1CC[C@@H](c2ccccc2)CC1. The van der Waals surface area contributed by atoms with Crippen LogP contribution in [0.4, 0.5) is 4.79 Å². The summed E-state index contributed by atoms with van der Waals surface area (Å²) in [6, 6.07) is 23.5. The standard InChI is InChI=1S/C35H47N3O4Si/c1-43(2,3)24-23-40-27-38-33(20-21-36-38)32-15-10-22-37(35(39)42-25-28-11-6-4-7-12-28)34(32)26-41-31-18-16-30(17-19-31)29-13-8-5-9-14-29/h4-9,11-15,20-21,30-31,34H,10,16-19,22-27H2,1-3H3/t30-,31+,34?. The van der Waals surface area contributed by atoms with Gasteiger partial charge in [-0.1, -0.05) is 86.4 Å². The fraction of sp³-hybridized carbons (Fsp3) is 0.486. The number of carbonyl (C=O) groups excluding carboxylic acids is 1. The van der Waals surface area contributed by atoms with E-state index >= 15 is 0 Å². The van der Waals surface area contributed by atoms with Crippen molar-refractivity contribution in [3.63, 3.8) is 0 Å². The van der Waals surface area contributed by atoms with Crippen molar-refractivity contribution in [1.29, 1.82) is 0 Å². The summed E-state index contributed by atoms with van der Waals surface area (Å²) >= 11 is 0. The molecule has 8 heteroatoms. The van der Waals surface area contributed by atoms with Crippen molar-refractivity contribution in [2.24, 2.45) is 0 Å². The van der Waals surface area contributed by atoms with Crippen LogP contribution < -0.4 is 0 Å². The average Bonchev–Trinajstić information content (AvgIpc) is 3.50. The Kier molecular flexibility index (Phi) is 10.9. The van der Waals surface area contributed by atoms with Crippen LogP contribution in [0.2, 0.25) is 25.7 Å². The molecule has 0 bridgehead atoms. The zero-order valence-electron chi connectivity index (χ0n) is 26.0. The molecule has 2 heterocycles. The van der Waals surface area contributed by atoms with Crippen molar-refractivity contribution in [3.8, 4) is 0 Å². The fourth-order valence-electron chi connectivity index (χ4n) is 6.02. The molecule has 1 aliphatic carbocycles. The molecular formula is C35H47N3O4Si. The molecule has 43 heavy (non-hydrogen) atoms. The molecule has 0 N–H and O–H groups in total. The predicted octanol–water partition coefficient (Wildman–Crippen LogP) is 7.73. The van der Waals surface area contributed by atoms with E-state index in [-0.39, 0.29) is 24.8 Å². The van der Waals surface area contributed by atoms with Crippen LogP contribution in [0.15, 0.2) is 79.0 Å². The van der Waals surface area contributed by atoms with Crippen molar-refractivity contribution >= 4 is 19.7 Å². The number of ether oxygens (including phenoxy) is 3.